The van der Waals surface area contributed by atoms with Crippen LogP contribution in [0.25, 0.3) is 0 Å². The van der Waals surface area contributed by atoms with Crippen molar-refractivity contribution in [3.05, 3.63) is 40.8 Å². The van der Waals surface area contributed by atoms with Gasteiger partial charge in [-0.05, 0) is 56.8 Å². The minimum atomic E-state index is -0.166. The SMILES string of the molecule is CNC(=O)c1cc(C(C)N2CC[C@H](Cc3cc(C)nc(OC)c3)C2)[nH]n1. The molecule has 7 heteroatoms. The van der Waals surface area contributed by atoms with Crippen LogP contribution in [0.1, 0.15) is 46.8 Å². The van der Waals surface area contributed by atoms with Gasteiger partial charge in [-0.15, -0.1) is 0 Å². The van der Waals surface area contributed by atoms with Crippen LogP contribution in [0.2, 0.25) is 0 Å². The number of H-pyrrole nitrogens is 1. The number of aromatic nitrogens is 3. The number of ether oxygens (including phenoxy) is 1. The highest BCUT2D eigenvalue weighted by Crippen LogP contribution is 2.29. The molecule has 0 bridgehead atoms. The summed E-state index contributed by atoms with van der Waals surface area (Å²) in [6, 6.07) is 6.22. The molecule has 1 amide bonds. The molecule has 0 aromatic carbocycles. The van der Waals surface area contributed by atoms with Gasteiger partial charge in [0.15, 0.2) is 0 Å². The number of likely N-dealkylation sites (tertiary alicyclic amines) is 1. The van der Waals surface area contributed by atoms with Crippen LogP contribution in [-0.4, -0.2) is 53.2 Å². The van der Waals surface area contributed by atoms with Crippen LogP contribution in [0, 0.1) is 12.8 Å². The largest absolute Gasteiger partial charge is 0.481 e. The van der Waals surface area contributed by atoms with Crippen LogP contribution in [0.5, 0.6) is 5.88 Å². The van der Waals surface area contributed by atoms with Crippen molar-refractivity contribution in [3.8, 4) is 5.88 Å². The van der Waals surface area contributed by atoms with Gasteiger partial charge >= 0.3 is 0 Å². The zero-order chi connectivity index (χ0) is 18.7. The smallest absolute Gasteiger partial charge is 0.271 e. The summed E-state index contributed by atoms with van der Waals surface area (Å²) in [6.45, 7) is 6.22. The molecule has 0 spiro atoms. The number of methoxy groups -OCH3 is 1. The van der Waals surface area contributed by atoms with Crippen molar-refractivity contribution in [1.82, 2.24) is 25.4 Å². The van der Waals surface area contributed by atoms with E-state index in [4.69, 9.17) is 4.74 Å². The number of carbonyl (C=O) groups is 1. The Kier molecular flexibility index (Phi) is 5.56. The first-order chi connectivity index (χ1) is 12.5. The molecule has 0 radical (unpaired) electrons. The fourth-order valence-corrected chi connectivity index (χ4v) is 3.64. The minimum Gasteiger partial charge on any atom is -0.481 e. The van der Waals surface area contributed by atoms with Gasteiger partial charge in [-0.2, -0.15) is 5.10 Å². The van der Waals surface area contributed by atoms with Crippen molar-refractivity contribution in [1.29, 1.82) is 0 Å². The zero-order valence-corrected chi connectivity index (χ0v) is 15.9. The average molecular weight is 357 g/mol. The van der Waals surface area contributed by atoms with Gasteiger partial charge in [-0.3, -0.25) is 14.8 Å². The Morgan fingerprint density at radius 2 is 2.27 bits per heavy atom. The summed E-state index contributed by atoms with van der Waals surface area (Å²) in [5, 5.41) is 9.72. The molecule has 1 fully saturated rings. The zero-order valence-electron chi connectivity index (χ0n) is 15.9. The molecule has 1 aliphatic heterocycles. The Morgan fingerprint density at radius 1 is 1.46 bits per heavy atom. The Balaban J connectivity index is 1.62. The highest BCUT2D eigenvalue weighted by atomic mass is 16.5. The summed E-state index contributed by atoms with van der Waals surface area (Å²) >= 11 is 0. The number of pyridine rings is 1. The molecule has 1 aliphatic rings. The van der Waals surface area contributed by atoms with E-state index in [0.717, 1.165) is 37.3 Å². The lowest BCUT2D eigenvalue weighted by Gasteiger charge is -2.23. The topological polar surface area (TPSA) is 83.1 Å². The van der Waals surface area contributed by atoms with Gasteiger partial charge in [0.2, 0.25) is 5.88 Å². The van der Waals surface area contributed by atoms with E-state index >= 15 is 0 Å². The molecule has 2 N–H and O–H groups in total. The molecule has 0 saturated carbocycles. The van der Waals surface area contributed by atoms with Gasteiger partial charge in [0.1, 0.15) is 5.69 Å². The fourth-order valence-electron chi connectivity index (χ4n) is 3.64. The first-order valence-corrected chi connectivity index (χ1v) is 9.03. The average Bonchev–Trinajstić information content (AvgIpc) is 3.29. The summed E-state index contributed by atoms with van der Waals surface area (Å²) < 4.78 is 5.28. The van der Waals surface area contributed by atoms with Crippen LogP contribution >= 0.6 is 0 Å². The molecule has 1 unspecified atom stereocenters. The van der Waals surface area contributed by atoms with Crippen molar-refractivity contribution >= 4 is 5.91 Å². The van der Waals surface area contributed by atoms with Crippen molar-refractivity contribution in [3.63, 3.8) is 0 Å². The summed E-state index contributed by atoms with van der Waals surface area (Å²) in [4.78, 5) is 18.5. The van der Waals surface area contributed by atoms with Gasteiger partial charge < -0.3 is 10.1 Å². The summed E-state index contributed by atoms with van der Waals surface area (Å²) in [6.07, 6.45) is 2.18. The quantitative estimate of drug-likeness (QED) is 0.827. The second-order valence-corrected chi connectivity index (χ2v) is 6.98. The van der Waals surface area contributed by atoms with E-state index in [2.05, 4.69) is 38.4 Å². The Labute approximate surface area is 154 Å². The number of carbonyl (C=O) groups excluding carboxylic acids is 1. The van der Waals surface area contributed by atoms with Gasteiger partial charge in [0, 0.05) is 31.4 Å². The maximum Gasteiger partial charge on any atom is 0.271 e. The van der Waals surface area contributed by atoms with Crippen molar-refractivity contribution in [2.45, 2.75) is 32.7 Å². The Hall–Kier alpha value is -2.41. The van der Waals surface area contributed by atoms with E-state index in [-0.39, 0.29) is 11.9 Å². The molecule has 2 aromatic heterocycles. The second kappa shape index (κ2) is 7.86. The van der Waals surface area contributed by atoms with E-state index < -0.39 is 0 Å². The molecule has 26 heavy (non-hydrogen) atoms. The van der Waals surface area contributed by atoms with Crippen LogP contribution < -0.4 is 10.1 Å². The maximum absolute atomic E-state index is 11.7. The number of hydrogen-bond acceptors (Lipinski definition) is 5. The van der Waals surface area contributed by atoms with E-state index in [1.165, 1.54) is 5.56 Å². The molecule has 2 atom stereocenters. The van der Waals surface area contributed by atoms with Crippen LogP contribution in [-0.2, 0) is 6.42 Å². The number of aryl methyl sites for hydroxylation is 1. The highest BCUT2D eigenvalue weighted by Gasteiger charge is 2.28. The third-order valence-electron chi connectivity index (χ3n) is 5.10. The first kappa shape index (κ1) is 18.4. The lowest BCUT2D eigenvalue weighted by Crippen LogP contribution is -2.25. The van der Waals surface area contributed by atoms with Gasteiger partial charge in [0.25, 0.3) is 5.91 Å². The third-order valence-corrected chi connectivity index (χ3v) is 5.10. The lowest BCUT2D eigenvalue weighted by molar-refractivity contribution is 0.0958. The van der Waals surface area contributed by atoms with Crippen LogP contribution in [0.4, 0.5) is 0 Å². The number of nitrogens with one attached hydrogen (secondary N) is 2. The third kappa shape index (κ3) is 4.04. The molecule has 140 valence electrons. The first-order valence-electron chi connectivity index (χ1n) is 9.03. The number of nitrogens with zero attached hydrogens (tertiary/aromatic N) is 3. The number of rotatable bonds is 6. The minimum absolute atomic E-state index is 0.166. The predicted molar refractivity (Wildman–Crippen MR) is 99.3 cm³/mol. The normalized spacial score (nSPS) is 18.7. The molecule has 1 saturated heterocycles. The number of hydrogen-bond donors (Lipinski definition) is 2. The monoisotopic (exact) mass is 357 g/mol. The second-order valence-electron chi connectivity index (χ2n) is 6.98. The molecular formula is C19H27N5O2. The Bertz CT molecular complexity index is 773. The lowest BCUT2D eigenvalue weighted by atomic mass is 9.99. The molecular weight excluding hydrogens is 330 g/mol. The summed E-state index contributed by atoms with van der Waals surface area (Å²) in [7, 11) is 3.27. The van der Waals surface area contributed by atoms with Crippen molar-refractivity contribution < 1.29 is 9.53 Å². The van der Waals surface area contributed by atoms with E-state index in [1.54, 1.807) is 14.2 Å². The molecule has 7 nitrogen and oxygen atoms in total. The molecule has 2 aromatic rings. The Morgan fingerprint density at radius 3 is 3.00 bits per heavy atom. The summed E-state index contributed by atoms with van der Waals surface area (Å²) in [5.41, 5.74) is 3.68. The van der Waals surface area contributed by atoms with Crippen LogP contribution in [0.15, 0.2) is 18.2 Å². The predicted octanol–water partition coefficient (Wildman–Crippen LogP) is 2.11. The van der Waals surface area contributed by atoms with E-state index in [0.29, 0.717) is 17.5 Å². The molecule has 3 rings (SSSR count). The van der Waals surface area contributed by atoms with Crippen LogP contribution in [0.3, 0.4) is 0 Å². The van der Waals surface area contributed by atoms with Gasteiger partial charge in [-0.25, -0.2) is 4.98 Å². The van der Waals surface area contributed by atoms with Gasteiger partial charge in [-0.1, -0.05) is 0 Å². The van der Waals surface area contributed by atoms with Crippen molar-refractivity contribution in [2.75, 3.05) is 27.2 Å². The van der Waals surface area contributed by atoms with E-state index in [9.17, 15) is 4.79 Å². The molecule has 0 aliphatic carbocycles. The fraction of sp³-hybridized carbons (Fsp3) is 0.526. The standard InChI is InChI=1S/C19H27N5O2/c1-12-7-15(9-18(21-12)26-4)8-14-5-6-24(11-14)13(2)16-10-17(23-22-16)19(25)20-3/h7,9-10,13-14H,5-6,8,11H2,1-4H3,(H,20,25)(H,22,23)/t13?,14-/m1/s1. The molecule has 3 heterocycles. The highest BCUT2D eigenvalue weighted by molar-refractivity contribution is 5.92. The number of aromatic amines is 1. The number of amides is 1. The van der Waals surface area contributed by atoms with Gasteiger partial charge in [0.05, 0.1) is 12.8 Å². The van der Waals surface area contributed by atoms with Crippen molar-refractivity contribution in [2.24, 2.45) is 5.92 Å². The summed E-state index contributed by atoms with van der Waals surface area (Å²) in [5.74, 6) is 1.12. The maximum atomic E-state index is 11.7. The van der Waals surface area contributed by atoms with E-state index in [1.807, 2.05) is 19.1 Å².